The SMILES string of the molecule is Nc1nc(=O)n(C(=O)C(F)(F)F)cc1CC(=O)O. The second-order valence-electron chi connectivity index (χ2n) is 3.18. The molecule has 0 aliphatic heterocycles. The summed E-state index contributed by atoms with van der Waals surface area (Å²) in [5.41, 5.74) is 3.28. The largest absolute Gasteiger partial charge is 0.481 e. The van der Waals surface area contributed by atoms with Gasteiger partial charge < -0.3 is 10.8 Å². The van der Waals surface area contributed by atoms with Crippen molar-refractivity contribution in [2.24, 2.45) is 0 Å². The molecule has 3 N–H and O–H groups in total. The first-order valence-corrected chi connectivity index (χ1v) is 4.34. The molecule has 0 aromatic carbocycles. The van der Waals surface area contributed by atoms with E-state index in [9.17, 15) is 27.6 Å². The van der Waals surface area contributed by atoms with Gasteiger partial charge in [0.1, 0.15) is 5.82 Å². The fourth-order valence-electron chi connectivity index (χ4n) is 1.09. The standard InChI is InChI=1S/C8H6F3N3O4/c9-8(10,11)6(17)14-2-3(1-4(15)16)5(12)13-7(14)18/h2H,1H2,(H,15,16)(H2,12,13,18). The second-order valence-corrected chi connectivity index (χ2v) is 3.18. The number of anilines is 1. The molecule has 0 saturated heterocycles. The number of nitrogens with two attached hydrogens (primary N) is 1. The highest BCUT2D eigenvalue weighted by Crippen LogP contribution is 2.17. The molecular formula is C8H6F3N3O4. The molecule has 1 aromatic heterocycles. The van der Waals surface area contributed by atoms with Crippen molar-refractivity contribution in [2.75, 3.05) is 5.73 Å². The number of hydrogen-bond acceptors (Lipinski definition) is 5. The topological polar surface area (TPSA) is 115 Å². The molecule has 0 atom stereocenters. The van der Waals surface area contributed by atoms with Crippen molar-refractivity contribution in [2.45, 2.75) is 12.6 Å². The van der Waals surface area contributed by atoms with Gasteiger partial charge in [0.15, 0.2) is 0 Å². The summed E-state index contributed by atoms with van der Waals surface area (Å²) in [6.45, 7) is 0. The van der Waals surface area contributed by atoms with E-state index in [2.05, 4.69) is 4.98 Å². The molecule has 0 unspecified atom stereocenters. The third kappa shape index (κ3) is 2.84. The van der Waals surface area contributed by atoms with Crippen LogP contribution >= 0.6 is 0 Å². The number of aliphatic carboxylic acids is 1. The number of carboxylic acids is 1. The van der Waals surface area contributed by atoms with Crippen molar-refractivity contribution in [3.05, 3.63) is 22.2 Å². The number of nitrogen functional groups attached to an aromatic ring is 1. The van der Waals surface area contributed by atoms with E-state index < -0.39 is 36.0 Å². The van der Waals surface area contributed by atoms with Gasteiger partial charge in [0, 0.05) is 11.8 Å². The molecule has 98 valence electrons. The fraction of sp³-hybridized carbons (Fsp3) is 0.250. The predicted octanol–water partition coefficient (Wildman–Crippen LogP) is -0.345. The summed E-state index contributed by atoms with van der Waals surface area (Å²) in [5, 5.41) is 8.47. The number of hydrogen-bond donors (Lipinski definition) is 2. The van der Waals surface area contributed by atoms with Gasteiger partial charge in [0.05, 0.1) is 6.42 Å². The zero-order valence-electron chi connectivity index (χ0n) is 8.56. The highest BCUT2D eigenvalue weighted by molar-refractivity contribution is 5.84. The lowest BCUT2D eigenvalue weighted by atomic mass is 10.2. The van der Waals surface area contributed by atoms with E-state index in [4.69, 9.17) is 10.8 Å². The number of alkyl halides is 3. The number of halogens is 3. The normalized spacial score (nSPS) is 11.3. The molecule has 0 aliphatic rings. The molecule has 7 nitrogen and oxygen atoms in total. The monoisotopic (exact) mass is 265 g/mol. The van der Waals surface area contributed by atoms with Crippen molar-refractivity contribution in [1.82, 2.24) is 9.55 Å². The Bertz CT molecular complexity index is 564. The van der Waals surface area contributed by atoms with E-state index in [-0.39, 0.29) is 10.1 Å². The van der Waals surface area contributed by atoms with Gasteiger partial charge in [-0.25, -0.2) is 9.36 Å². The summed E-state index contributed by atoms with van der Waals surface area (Å²) in [7, 11) is 0. The molecular weight excluding hydrogens is 259 g/mol. The highest BCUT2D eigenvalue weighted by atomic mass is 19.4. The molecule has 0 spiro atoms. The maximum atomic E-state index is 12.1. The van der Waals surface area contributed by atoms with Crippen LogP contribution in [-0.4, -0.2) is 32.7 Å². The molecule has 0 fully saturated rings. The highest BCUT2D eigenvalue weighted by Gasteiger charge is 2.41. The molecule has 1 aromatic rings. The van der Waals surface area contributed by atoms with Crippen LogP contribution < -0.4 is 11.4 Å². The Balaban J connectivity index is 3.34. The van der Waals surface area contributed by atoms with Crippen molar-refractivity contribution in [3.8, 4) is 0 Å². The minimum atomic E-state index is -5.28. The minimum Gasteiger partial charge on any atom is -0.481 e. The Labute approximate surface area is 96.7 Å². The van der Waals surface area contributed by atoms with Gasteiger partial charge in [-0.15, -0.1) is 0 Å². The maximum absolute atomic E-state index is 12.1. The van der Waals surface area contributed by atoms with E-state index in [1.165, 1.54) is 0 Å². The van der Waals surface area contributed by atoms with Crippen LogP contribution in [0.15, 0.2) is 11.0 Å². The van der Waals surface area contributed by atoms with Crippen LogP contribution in [0.2, 0.25) is 0 Å². The lowest BCUT2D eigenvalue weighted by molar-refractivity contribution is -0.136. The fourth-order valence-corrected chi connectivity index (χ4v) is 1.09. The zero-order valence-corrected chi connectivity index (χ0v) is 8.56. The smallest absolute Gasteiger partial charge is 0.472 e. The summed E-state index contributed by atoms with van der Waals surface area (Å²) >= 11 is 0. The van der Waals surface area contributed by atoms with E-state index >= 15 is 0 Å². The van der Waals surface area contributed by atoms with Crippen LogP contribution in [-0.2, 0) is 11.2 Å². The van der Waals surface area contributed by atoms with Crippen LogP contribution in [0.3, 0.4) is 0 Å². The summed E-state index contributed by atoms with van der Waals surface area (Å²) in [6.07, 6.45) is -5.61. The molecule has 0 radical (unpaired) electrons. The lowest BCUT2D eigenvalue weighted by Gasteiger charge is -2.09. The van der Waals surface area contributed by atoms with Crippen LogP contribution in [0, 0.1) is 0 Å². The molecule has 1 heterocycles. The number of carbonyl (C=O) groups excluding carboxylic acids is 1. The Hall–Kier alpha value is -2.39. The van der Waals surface area contributed by atoms with Crippen molar-refractivity contribution < 1.29 is 27.9 Å². The minimum absolute atomic E-state index is 0.325. The van der Waals surface area contributed by atoms with Gasteiger partial charge in [-0.3, -0.25) is 9.59 Å². The first-order valence-electron chi connectivity index (χ1n) is 4.34. The first kappa shape index (κ1) is 13.7. The number of rotatable bonds is 2. The Morgan fingerprint density at radius 1 is 1.44 bits per heavy atom. The van der Waals surface area contributed by atoms with Crippen LogP contribution in [0.25, 0.3) is 0 Å². The molecule has 10 heteroatoms. The average Bonchev–Trinajstić information content (AvgIpc) is 2.19. The van der Waals surface area contributed by atoms with Crippen LogP contribution in [0.5, 0.6) is 0 Å². The zero-order chi connectivity index (χ0) is 14.1. The van der Waals surface area contributed by atoms with Gasteiger partial charge in [0.25, 0.3) is 0 Å². The van der Waals surface area contributed by atoms with E-state index in [1.807, 2.05) is 0 Å². The predicted molar refractivity (Wildman–Crippen MR) is 50.9 cm³/mol. The van der Waals surface area contributed by atoms with Crippen molar-refractivity contribution >= 4 is 17.7 Å². The third-order valence-corrected chi connectivity index (χ3v) is 1.84. The van der Waals surface area contributed by atoms with E-state index in [0.717, 1.165) is 0 Å². The maximum Gasteiger partial charge on any atom is 0.472 e. The molecule has 1 rings (SSSR count). The number of nitrogens with zero attached hydrogens (tertiary/aromatic N) is 2. The average molecular weight is 265 g/mol. The Kier molecular flexibility index (Phi) is 3.39. The quantitative estimate of drug-likeness (QED) is 0.755. The number of carboxylic acid groups (broad SMARTS) is 1. The van der Waals surface area contributed by atoms with Gasteiger partial charge in [-0.05, 0) is 0 Å². The van der Waals surface area contributed by atoms with Gasteiger partial charge in [-0.1, -0.05) is 0 Å². The van der Waals surface area contributed by atoms with Crippen LogP contribution in [0.1, 0.15) is 10.4 Å². The second kappa shape index (κ2) is 4.47. The summed E-state index contributed by atoms with van der Waals surface area (Å²) in [4.78, 5) is 35.3. The third-order valence-electron chi connectivity index (χ3n) is 1.84. The Morgan fingerprint density at radius 2 is 2.00 bits per heavy atom. The lowest BCUT2D eigenvalue weighted by Crippen LogP contribution is -2.38. The van der Waals surface area contributed by atoms with Crippen molar-refractivity contribution in [1.29, 1.82) is 0 Å². The first-order chi connectivity index (χ1) is 8.12. The summed E-state index contributed by atoms with van der Waals surface area (Å²) in [6, 6.07) is 0. The molecule has 0 saturated carbocycles. The molecule has 0 aliphatic carbocycles. The van der Waals surface area contributed by atoms with E-state index in [1.54, 1.807) is 0 Å². The number of carbonyl (C=O) groups is 2. The number of aromatic nitrogens is 2. The molecule has 0 amide bonds. The van der Waals surface area contributed by atoms with E-state index in [0.29, 0.717) is 6.20 Å². The Morgan fingerprint density at radius 3 is 2.44 bits per heavy atom. The van der Waals surface area contributed by atoms with Gasteiger partial charge >= 0.3 is 23.7 Å². The van der Waals surface area contributed by atoms with Crippen LogP contribution in [0.4, 0.5) is 19.0 Å². The van der Waals surface area contributed by atoms with Crippen molar-refractivity contribution in [3.63, 3.8) is 0 Å². The summed E-state index contributed by atoms with van der Waals surface area (Å²) in [5.74, 6) is -4.39. The molecule has 0 bridgehead atoms. The van der Waals surface area contributed by atoms with Gasteiger partial charge in [0.2, 0.25) is 0 Å². The molecule has 18 heavy (non-hydrogen) atoms. The van der Waals surface area contributed by atoms with Gasteiger partial charge in [-0.2, -0.15) is 18.2 Å². The summed E-state index contributed by atoms with van der Waals surface area (Å²) < 4.78 is 36.1.